The Morgan fingerprint density at radius 2 is 1.63 bits per heavy atom. The number of nitrogens with zero attached hydrogens (tertiary/aromatic N) is 3. The van der Waals surface area contributed by atoms with Crippen molar-refractivity contribution in [2.75, 3.05) is 17.4 Å². The molecule has 1 unspecified atom stereocenters. The molecule has 0 bridgehead atoms. The van der Waals surface area contributed by atoms with Gasteiger partial charge in [-0.3, -0.25) is 24.0 Å². The van der Waals surface area contributed by atoms with E-state index in [0.717, 1.165) is 23.2 Å². The van der Waals surface area contributed by atoms with Crippen molar-refractivity contribution in [1.82, 2.24) is 10.2 Å². The first-order valence-electron chi connectivity index (χ1n) is 12.8. The zero-order valence-electron chi connectivity index (χ0n) is 22.5. The SMILES string of the molecule is CCCCNC(=O)C(C)N(Cc1c(Cl)cccc1Cl)C(=O)CN(c1cccc([N+](=O)[O-])c1)S(=O)(=O)c1ccccc1. The zero-order chi connectivity index (χ0) is 30.2. The van der Waals surface area contributed by atoms with E-state index in [0.29, 0.717) is 12.1 Å². The highest BCUT2D eigenvalue weighted by Gasteiger charge is 2.33. The fraction of sp³-hybridized carbons (Fsp3) is 0.286. The fourth-order valence-corrected chi connectivity index (χ4v) is 5.93. The molecule has 3 aromatic rings. The van der Waals surface area contributed by atoms with Crippen LogP contribution in [0.15, 0.2) is 77.7 Å². The third kappa shape index (κ3) is 7.96. The number of hydrogen-bond acceptors (Lipinski definition) is 6. The predicted molar refractivity (Wildman–Crippen MR) is 158 cm³/mol. The summed E-state index contributed by atoms with van der Waals surface area (Å²) in [5, 5.41) is 14.8. The van der Waals surface area contributed by atoms with Crippen LogP contribution in [0.1, 0.15) is 32.3 Å². The Morgan fingerprint density at radius 1 is 1.00 bits per heavy atom. The molecule has 0 saturated carbocycles. The Kier molecular flexibility index (Phi) is 11.1. The summed E-state index contributed by atoms with van der Waals surface area (Å²) in [6.45, 7) is 2.95. The van der Waals surface area contributed by atoms with Gasteiger partial charge in [0.25, 0.3) is 15.7 Å². The molecule has 0 heterocycles. The molecule has 218 valence electrons. The molecule has 0 aromatic heterocycles. The zero-order valence-corrected chi connectivity index (χ0v) is 24.8. The highest BCUT2D eigenvalue weighted by molar-refractivity contribution is 7.92. The third-order valence-electron chi connectivity index (χ3n) is 6.33. The van der Waals surface area contributed by atoms with Gasteiger partial charge in [0, 0.05) is 40.8 Å². The second kappa shape index (κ2) is 14.3. The fourth-order valence-electron chi connectivity index (χ4n) is 3.98. The molecule has 10 nitrogen and oxygen atoms in total. The van der Waals surface area contributed by atoms with Crippen molar-refractivity contribution < 1.29 is 22.9 Å². The van der Waals surface area contributed by atoms with Gasteiger partial charge in [-0.2, -0.15) is 0 Å². The maximum Gasteiger partial charge on any atom is 0.271 e. The Hall–Kier alpha value is -3.67. The van der Waals surface area contributed by atoms with Gasteiger partial charge < -0.3 is 10.2 Å². The number of nitro groups is 1. The van der Waals surface area contributed by atoms with Crippen molar-refractivity contribution in [3.63, 3.8) is 0 Å². The smallest absolute Gasteiger partial charge is 0.271 e. The number of unbranched alkanes of at least 4 members (excludes halogenated alkanes) is 1. The minimum absolute atomic E-state index is 0.0906. The van der Waals surface area contributed by atoms with E-state index in [4.69, 9.17) is 23.2 Å². The molecule has 0 aliphatic rings. The molecule has 0 radical (unpaired) electrons. The van der Waals surface area contributed by atoms with Crippen molar-refractivity contribution in [3.8, 4) is 0 Å². The molecule has 13 heteroatoms. The standard InChI is InChI=1S/C28H30Cl2N4O6S/c1-3-4-16-31-28(36)20(2)32(18-24-25(29)14-9-15-26(24)30)27(35)19-33(21-10-8-11-22(17-21)34(37)38)41(39,40)23-12-6-5-7-13-23/h5-15,17,20H,3-4,16,18-19H2,1-2H3,(H,31,36). The molecular weight excluding hydrogens is 591 g/mol. The lowest BCUT2D eigenvalue weighted by Gasteiger charge is -2.32. The topological polar surface area (TPSA) is 130 Å². The van der Waals surface area contributed by atoms with E-state index in [1.165, 1.54) is 54.3 Å². The number of halogens is 2. The third-order valence-corrected chi connectivity index (χ3v) is 8.82. The Balaban J connectivity index is 2.07. The van der Waals surface area contributed by atoms with E-state index >= 15 is 0 Å². The number of anilines is 1. The monoisotopic (exact) mass is 620 g/mol. The van der Waals surface area contributed by atoms with Gasteiger partial charge in [-0.1, -0.05) is 66.9 Å². The van der Waals surface area contributed by atoms with Crippen molar-refractivity contribution in [2.45, 2.75) is 44.2 Å². The molecule has 0 saturated heterocycles. The van der Waals surface area contributed by atoms with Crippen LogP contribution in [0.2, 0.25) is 10.0 Å². The van der Waals surface area contributed by atoms with Crippen molar-refractivity contribution in [3.05, 3.63) is 98.5 Å². The predicted octanol–water partition coefficient (Wildman–Crippen LogP) is 5.43. The average Bonchev–Trinajstić information content (AvgIpc) is 2.95. The average molecular weight is 622 g/mol. The molecule has 41 heavy (non-hydrogen) atoms. The van der Waals surface area contributed by atoms with E-state index in [2.05, 4.69) is 5.32 Å². The number of benzene rings is 3. The highest BCUT2D eigenvalue weighted by Crippen LogP contribution is 2.29. The van der Waals surface area contributed by atoms with Gasteiger partial charge in [0.1, 0.15) is 12.6 Å². The van der Waals surface area contributed by atoms with E-state index in [-0.39, 0.29) is 32.9 Å². The lowest BCUT2D eigenvalue weighted by atomic mass is 10.1. The number of non-ortho nitro benzene ring substituents is 1. The summed E-state index contributed by atoms with van der Waals surface area (Å²) in [6.07, 6.45) is 1.58. The molecule has 3 rings (SSSR count). The van der Waals surface area contributed by atoms with Gasteiger partial charge in [0.15, 0.2) is 0 Å². The van der Waals surface area contributed by atoms with Crippen LogP contribution in [0.3, 0.4) is 0 Å². The Morgan fingerprint density at radius 3 is 2.24 bits per heavy atom. The van der Waals surface area contributed by atoms with Crippen LogP contribution in [-0.4, -0.2) is 49.2 Å². The molecule has 0 aliphatic carbocycles. The summed E-state index contributed by atoms with van der Waals surface area (Å²) < 4.78 is 28.4. The second-order valence-corrected chi connectivity index (χ2v) is 11.8. The molecule has 0 fully saturated rings. The number of amides is 2. The molecule has 0 spiro atoms. The summed E-state index contributed by atoms with van der Waals surface area (Å²) in [6, 6.07) is 16.2. The molecule has 3 aromatic carbocycles. The highest BCUT2D eigenvalue weighted by atomic mass is 35.5. The van der Waals surface area contributed by atoms with Crippen LogP contribution in [0.25, 0.3) is 0 Å². The molecular formula is C28H30Cl2N4O6S. The van der Waals surface area contributed by atoms with Crippen molar-refractivity contribution in [2.24, 2.45) is 0 Å². The minimum Gasteiger partial charge on any atom is -0.354 e. The van der Waals surface area contributed by atoms with Crippen LogP contribution in [0, 0.1) is 10.1 Å². The quantitative estimate of drug-likeness (QED) is 0.154. The number of carbonyl (C=O) groups excluding carboxylic acids is 2. The Bertz CT molecular complexity index is 1480. The van der Waals surface area contributed by atoms with Gasteiger partial charge in [-0.05, 0) is 43.7 Å². The van der Waals surface area contributed by atoms with Gasteiger partial charge in [-0.25, -0.2) is 8.42 Å². The lowest BCUT2D eigenvalue weighted by Crippen LogP contribution is -2.51. The van der Waals surface area contributed by atoms with Crippen molar-refractivity contribution in [1.29, 1.82) is 0 Å². The van der Waals surface area contributed by atoms with Crippen LogP contribution in [0.4, 0.5) is 11.4 Å². The summed E-state index contributed by atoms with van der Waals surface area (Å²) in [5.41, 5.74) is -0.0658. The van der Waals surface area contributed by atoms with Gasteiger partial charge >= 0.3 is 0 Å². The van der Waals surface area contributed by atoms with Gasteiger partial charge in [0.2, 0.25) is 11.8 Å². The van der Waals surface area contributed by atoms with Crippen LogP contribution in [0.5, 0.6) is 0 Å². The number of nitrogens with one attached hydrogen (secondary N) is 1. The summed E-state index contributed by atoms with van der Waals surface area (Å²) in [5.74, 6) is -1.19. The number of sulfonamides is 1. The van der Waals surface area contributed by atoms with Crippen LogP contribution < -0.4 is 9.62 Å². The normalized spacial score (nSPS) is 11.9. The molecule has 1 N–H and O–H groups in total. The summed E-state index contributed by atoms with van der Waals surface area (Å²) in [4.78, 5) is 38.9. The first-order valence-corrected chi connectivity index (χ1v) is 15.0. The van der Waals surface area contributed by atoms with E-state index < -0.39 is 39.3 Å². The number of nitro benzene ring substituents is 1. The van der Waals surface area contributed by atoms with Crippen molar-refractivity contribution >= 4 is 56.4 Å². The van der Waals surface area contributed by atoms with E-state index in [1.54, 1.807) is 24.3 Å². The van der Waals surface area contributed by atoms with Crippen LogP contribution in [-0.2, 0) is 26.2 Å². The van der Waals surface area contributed by atoms with E-state index in [9.17, 15) is 28.1 Å². The first-order chi connectivity index (χ1) is 19.5. The van der Waals surface area contributed by atoms with Crippen LogP contribution >= 0.6 is 23.2 Å². The molecule has 2 amide bonds. The minimum atomic E-state index is -4.37. The number of carbonyl (C=O) groups is 2. The maximum absolute atomic E-state index is 13.9. The second-order valence-electron chi connectivity index (χ2n) is 9.14. The summed E-state index contributed by atoms with van der Waals surface area (Å²) >= 11 is 12.7. The largest absolute Gasteiger partial charge is 0.354 e. The molecule has 0 aliphatic heterocycles. The number of rotatable bonds is 13. The summed E-state index contributed by atoms with van der Waals surface area (Å²) in [7, 11) is -4.37. The molecule has 1 atom stereocenters. The number of hydrogen-bond donors (Lipinski definition) is 1. The van der Waals surface area contributed by atoms with E-state index in [1.807, 2.05) is 6.92 Å². The Labute approximate surface area is 249 Å². The lowest BCUT2D eigenvalue weighted by molar-refractivity contribution is -0.384. The van der Waals surface area contributed by atoms with Gasteiger partial charge in [0.05, 0.1) is 15.5 Å². The maximum atomic E-state index is 13.9. The first kappa shape index (κ1) is 31.9. The van der Waals surface area contributed by atoms with Gasteiger partial charge in [-0.15, -0.1) is 0 Å².